The summed E-state index contributed by atoms with van der Waals surface area (Å²) in [7, 11) is 1.88. The van der Waals surface area contributed by atoms with E-state index in [0.717, 1.165) is 11.3 Å². The fourth-order valence-corrected chi connectivity index (χ4v) is 1.92. The number of aryl methyl sites for hydroxylation is 2. The highest BCUT2D eigenvalue weighted by Crippen LogP contribution is 2.23. The van der Waals surface area contributed by atoms with Crippen LogP contribution < -0.4 is 4.90 Å². The Labute approximate surface area is 112 Å². The zero-order valence-electron chi connectivity index (χ0n) is 11.2. The minimum atomic E-state index is -0.940. The molecule has 0 bridgehead atoms. The maximum Gasteiger partial charge on any atom is 0.335 e. The van der Waals surface area contributed by atoms with Crippen LogP contribution in [0.3, 0.4) is 0 Å². The number of rotatable bonds is 3. The van der Waals surface area contributed by atoms with E-state index in [1.54, 1.807) is 19.1 Å². The molecule has 0 atom stereocenters. The van der Waals surface area contributed by atoms with Crippen LogP contribution in [0, 0.1) is 13.8 Å². The summed E-state index contributed by atoms with van der Waals surface area (Å²) in [4.78, 5) is 17.3. The van der Waals surface area contributed by atoms with Gasteiger partial charge in [0.05, 0.1) is 5.56 Å². The molecule has 0 aliphatic rings. The summed E-state index contributed by atoms with van der Waals surface area (Å²) in [6.45, 7) is 3.81. The molecule has 0 aliphatic heterocycles. The molecule has 4 nitrogen and oxygen atoms in total. The van der Waals surface area contributed by atoms with Crippen LogP contribution in [0.2, 0.25) is 0 Å². The molecule has 2 rings (SSSR count). The van der Waals surface area contributed by atoms with Crippen LogP contribution in [0.4, 0.5) is 11.5 Å². The van der Waals surface area contributed by atoms with Crippen molar-refractivity contribution in [3.63, 3.8) is 0 Å². The molecule has 4 heteroatoms. The molecule has 0 saturated carbocycles. The number of nitrogens with zero attached hydrogens (tertiary/aromatic N) is 2. The highest BCUT2D eigenvalue weighted by molar-refractivity contribution is 5.89. The Bertz CT molecular complexity index is 623. The lowest BCUT2D eigenvalue weighted by atomic mass is 10.2. The second kappa shape index (κ2) is 5.10. The van der Waals surface area contributed by atoms with Gasteiger partial charge in [-0.3, -0.25) is 0 Å². The first-order valence-corrected chi connectivity index (χ1v) is 6.00. The number of carboxylic acid groups (broad SMARTS) is 1. The molecule has 98 valence electrons. The Kier molecular flexibility index (Phi) is 3.51. The van der Waals surface area contributed by atoms with Crippen molar-refractivity contribution in [2.45, 2.75) is 13.8 Å². The minimum Gasteiger partial charge on any atom is -0.478 e. The Balaban J connectivity index is 2.43. The normalized spacial score (nSPS) is 10.3. The molecule has 0 amide bonds. The fraction of sp³-hybridized carbons (Fsp3) is 0.200. The van der Waals surface area contributed by atoms with Crippen molar-refractivity contribution in [3.05, 3.63) is 53.2 Å². The van der Waals surface area contributed by atoms with E-state index in [9.17, 15) is 4.79 Å². The van der Waals surface area contributed by atoms with Crippen molar-refractivity contribution in [1.82, 2.24) is 4.98 Å². The SMILES string of the molecule is Cc1cccc(N(C)c2cc(C(=O)O)cc(C)n2)c1. The van der Waals surface area contributed by atoms with Crippen molar-refractivity contribution < 1.29 is 9.90 Å². The number of carbonyl (C=O) groups is 1. The summed E-state index contributed by atoms with van der Waals surface area (Å²) < 4.78 is 0. The topological polar surface area (TPSA) is 53.4 Å². The van der Waals surface area contributed by atoms with Crippen LogP contribution in [0.15, 0.2) is 36.4 Å². The van der Waals surface area contributed by atoms with Gasteiger partial charge in [-0.1, -0.05) is 12.1 Å². The lowest BCUT2D eigenvalue weighted by Gasteiger charge is -2.19. The maximum absolute atomic E-state index is 11.1. The summed E-state index contributed by atoms with van der Waals surface area (Å²) in [5, 5.41) is 9.08. The van der Waals surface area contributed by atoms with E-state index < -0.39 is 5.97 Å². The van der Waals surface area contributed by atoms with Crippen molar-refractivity contribution in [1.29, 1.82) is 0 Å². The Hall–Kier alpha value is -2.36. The van der Waals surface area contributed by atoms with E-state index in [1.807, 2.05) is 43.1 Å². The third kappa shape index (κ3) is 2.91. The number of anilines is 2. The van der Waals surface area contributed by atoms with E-state index in [4.69, 9.17) is 5.11 Å². The molecule has 0 spiro atoms. The smallest absolute Gasteiger partial charge is 0.335 e. The zero-order valence-corrected chi connectivity index (χ0v) is 11.2. The molecule has 1 aromatic carbocycles. The Morgan fingerprint density at radius 2 is 1.95 bits per heavy atom. The van der Waals surface area contributed by atoms with Gasteiger partial charge in [-0.05, 0) is 43.7 Å². The largest absolute Gasteiger partial charge is 0.478 e. The molecule has 1 N–H and O–H groups in total. The second-order valence-corrected chi connectivity index (χ2v) is 4.56. The van der Waals surface area contributed by atoms with Gasteiger partial charge in [0, 0.05) is 18.4 Å². The quantitative estimate of drug-likeness (QED) is 0.916. The van der Waals surface area contributed by atoms with Crippen LogP contribution in [0.5, 0.6) is 0 Å². The van der Waals surface area contributed by atoms with Gasteiger partial charge in [0.25, 0.3) is 0 Å². The predicted octanol–water partition coefficient (Wildman–Crippen LogP) is 3.16. The van der Waals surface area contributed by atoms with E-state index in [2.05, 4.69) is 4.98 Å². The first-order valence-electron chi connectivity index (χ1n) is 6.00. The standard InChI is InChI=1S/C15H16N2O2/c1-10-5-4-6-13(7-10)17(3)14-9-12(15(18)19)8-11(2)16-14/h4-9H,1-3H3,(H,18,19). The van der Waals surface area contributed by atoms with Crippen molar-refractivity contribution in [2.24, 2.45) is 0 Å². The zero-order chi connectivity index (χ0) is 14.0. The van der Waals surface area contributed by atoms with Gasteiger partial charge in [0.1, 0.15) is 5.82 Å². The highest BCUT2D eigenvalue weighted by Gasteiger charge is 2.11. The maximum atomic E-state index is 11.1. The van der Waals surface area contributed by atoms with E-state index >= 15 is 0 Å². The van der Waals surface area contributed by atoms with Gasteiger partial charge in [0.2, 0.25) is 0 Å². The highest BCUT2D eigenvalue weighted by atomic mass is 16.4. The first kappa shape index (κ1) is 13.1. The van der Waals surface area contributed by atoms with Gasteiger partial charge in [0.15, 0.2) is 0 Å². The summed E-state index contributed by atoms with van der Waals surface area (Å²) >= 11 is 0. The number of hydrogen-bond donors (Lipinski definition) is 1. The molecule has 2 aromatic rings. The Morgan fingerprint density at radius 1 is 1.21 bits per heavy atom. The number of carboxylic acids is 1. The van der Waals surface area contributed by atoms with Crippen LogP contribution in [-0.4, -0.2) is 23.1 Å². The molecule has 1 heterocycles. The van der Waals surface area contributed by atoms with E-state index in [0.29, 0.717) is 11.5 Å². The molecule has 0 aliphatic carbocycles. The average molecular weight is 256 g/mol. The summed E-state index contributed by atoms with van der Waals surface area (Å²) in [5.41, 5.74) is 3.07. The molecule has 0 fully saturated rings. The molecular formula is C15H16N2O2. The van der Waals surface area contributed by atoms with Crippen LogP contribution >= 0.6 is 0 Å². The summed E-state index contributed by atoms with van der Waals surface area (Å²) in [6.07, 6.45) is 0. The molecular weight excluding hydrogens is 240 g/mol. The van der Waals surface area contributed by atoms with E-state index in [-0.39, 0.29) is 5.56 Å². The van der Waals surface area contributed by atoms with Crippen LogP contribution in [-0.2, 0) is 0 Å². The number of aromatic carboxylic acids is 1. The molecule has 19 heavy (non-hydrogen) atoms. The van der Waals surface area contributed by atoms with Crippen molar-refractivity contribution in [3.8, 4) is 0 Å². The lowest BCUT2D eigenvalue weighted by molar-refractivity contribution is 0.0696. The third-order valence-electron chi connectivity index (χ3n) is 2.92. The lowest BCUT2D eigenvalue weighted by Crippen LogP contribution is -2.13. The monoisotopic (exact) mass is 256 g/mol. The van der Waals surface area contributed by atoms with Crippen LogP contribution in [0.25, 0.3) is 0 Å². The Morgan fingerprint density at radius 3 is 2.58 bits per heavy atom. The van der Waals surface area contributed by atoms with Gasteiger partial charge < -0.3 is 10.0 Å². The van der Waals surface area contributed by atoms with Gasteiger partial charge >= 0.3 is 5.97 Å². The number of aromatic nitrogens is 1. The third-order valence-corrected chi connectivity index (χ3v) is 2.92. The molecule has 1 aromatic heterocycles. The van der Waals surface area contributed by atoms with Crippen molar-refractivity contribution >= 4 is 17.5 Å². The average Bonchev–Trinajstić information content (AvgIpc) is 2.37. The number of pyridine rings is 1. The number of hydrogen-bond acceptors (Lipinski definition) is 3. The first-order chi connectivity index (χ1) is 8.97. The molecule has 0 unspecified atom stereocenters. The fourth-order valence-electron chi connectivity index (χ4n) is 1.92. The minimum absolute atomic E-state index is 0.252. The van der Waals surface area contributed by atoms with Crippen LogP contribution in [0.1, 0.15) is 21.6 Å². The molecule has 0 saturated heterocycles. The van der Waals surface area contributed by atoms with Gasteiger partial charge in [-0.2, -0.15) is 0 Å². The predicted molar refractivity (Wildman–Crippen MR) is 75.2 cm³/mol. The van der Waals surface area contributed by atoms with Crippen molar-refractivity contribution in [2.75, 3.05) is 11.9 Å². The molecule has 0 radical (unpaired) electrons. The number of benzene rings is 1. The summed E-state index contributed by atoms with van der Waals surface area (Å²) in [6, 6.07) is 11.1. The second-order valence-electron chi connectivity index (χ2n) is 4.56. The van der Waals surface area contributed by atoms with Gasteiger partial charge in [-0.15, -0.1) is 0 Å². The van der Waals surface area contributed by atoms with E-state index in [1.165, 1.54) is 0 Å². The van der Waals surface area contributed by atoms with Gasteiger partial charge in [-0.25, -0.2) is 9.78 Å². The summed E-state index contributed by atoms with van der Waals surface area (Å²) in [5.74, 6) is -0.313.